The zero-order valence-electron chi connectivity index (χ0n) is 11.1. The van der Waals surface area contributed by atoms with E-state index in [0.717, 1.165) is 35.3 Å². The van der Waals surface area contributed by atoms with E-state index >= 15 is 0 Å². The van der Waals surface area contributed by atoms with Gasteiger partial charge in [0.1, 0.15) is 4.21 Å². The predicted octanol–water partition coefficient (Wildman–Crippen LogP) is 2.58. The van der Waals surface area contributed by atoms with Gasteiger partial charge in [-0.1, -0.05) is 6.92 Å². The van der Waals surface area contributed by atoms with Crippen LogP contribution >= 0.6 is 27.3 Å². The highest BCUT2D eigenvalue weighted by Gasteiger charge is 2.25. The fourth-order valence-electron chi connectivity index (χ4n) is 2.38. The van der Waals surface area contributed by atoms with Crippen molar-refractivity contribution in [2.75, 3.05) is 19.6 Å². The van der Waals surface area contributed by atoms with Gasteiger partial charge in [0.05, 0.1) is 3.79 Å². The number of sulfonamides is 1. The number of thiophene rings is 1. The third kappa shape index (κ3) is 3.58. The second kappa shape index (κ2) is 6.22. The molecule has 1 fully saturated rings. The molecule has 1 saturated heterocycles. The summed E-state index contributed by atoms with van der Waals surface area (Å²) in [6.07, 6.45) is 2.23. The molecule has 1 aliphatic heterocycles. The van der Waals surface area contributed by atoms with E-state index in [1.54, 1.807) is 6.07 Å². The summed E-state index contributed by atoms with van der Waals surface area (Å²) in [6.45, 7) is 6.58. The summed E-state index contributed by atoms with van der Waals surface area (Å²) in [6, 6.07) is 2.05. The van der Waals surface area contributed by atoms with Crippen molar-refractivity contribution in [2.45, 2.75) is 36.9 Å². The average Bonchev–Trinajstić information content (AvgIpc) is 2.94. The van der Waals surface area contributed by atoms with Crippen molar-refractivity contribution in [1.29, 1.82) is 0 Å². The second-order valence-electron chi connectivity index (χ2n) is 4.80. The third-order valence-corrected chi connectivity index (χ3v) is 7.55. The van der Waals surface area contributed by atoms with Crippen LogP contribution in [0.15, 0.2) is 14.1 Å². The highest BCUT2D eigenvalue weighted by Crippen LogP contribution is 2.30. The monoisotopic (exact) mass is 366 g/mol. The Bertz CT molecular complexity index is 522. The third-order valence-electron chi connectivity index (χ3n) is 3.51. The van der Waals surface area contributed by atoms with E-state index in [4.69, 9.17) is 0 Å². The summed E-state index contributed by atoms with van der Waals surface area (Å²) in [5.41, 5.74) is 0.960. The molecule has 1 N–H and O–H groups in total. The Balaban J connectivity index is 2.02. The Hall–Kier alpha value is 0.0500. The molecular formula is C12H19BrN2O2S2. The zero-order chi connectivity index (χ0) is 14.0. The molecule has 1 unspecified atom stereocenters. The van der Waals surface area contributed by atoms with Crippen molar-refractivity contribution in [1.82, 2.24) is 9.62 Å². The number of likely N-dealkylation sites (tertiary alicyclic amines) is 1. The van der Waals surface area contributed by atoms with Crippen LogP contribution < -0.4 is 4.72 Å². The summed E-state index contributed by atoms with van der Waals surface area (Å²) in [4.78, 5) is 2.33. The number of nitrogens with zero attached hydrogens (tertiary/aromatic N) is 1. The number of aryl methyl sites for hydroxylation is 1. The van der Waals surface area contributed by atoms with E-state index in [9.17, 15) is 8.42 Å². The van der Waals surface area contributed by atoms with Gasteiger partial charge in [-0.25, -0.2) is 13.1 Å². The average molecular weight is 367 g/mol. The van der Waals surface area contributed by atoms with E-state index in [-0.39, 0.29) is 0 Å². The molecule has 1 aromatic heterocycles. The van der Waals surface area contributed by atoms with Gasteiger partial charge < -0.3 is 0 Å². The van der Waals surface area contributed by atoms with E-state index in [2.05, 4.69) is 32.5 Å². The van der Waals surface area contributed by atoms with E-state index < -0.39 is 10.0 Å². The van der Waals surface area contributed by atoms with Crippen molar-refractivity contribution >= 4 is 37.3 Å². The molecule has 0 bridgehead atoms. The molecule has 19 heavy (non-hydrogen) atoms. The summed E-state index contributed by atoms with van der Waals surface area (Å²) in [5.74, 6) is 0. The Morgan fingerprint density at radius 1 is 1.58 bits per heavy atom. The number of likely N-dealkylation sites (N-methyl/N-ethyl adjacent to an activating group) is 1. The van der Waals surface area contributed by atoms with Gasteiger partial charge >= 0.3 is 0 Å². The number of nitrogens with one attached hydrogen (secondary N) is 1. The second-order valence-corrected chi connectivity index (χ2v) is 9.16. The molecule has 0 saturated carbocycles. The maximum atomic E-state index is 12.2. The van der Waals surface area contributed by atoms with Gasteiger partial charge in [-0.15, -0.1) is 11.3 Å². The number of hydrogen-bond donors (Lipinski definition) is 1. The van der Waals surface area contributed by atoms with Crippen LogP contribution in [0.5, 0.6) is 0 Å². The lowest BCUT2D eigenvalue weighted by atomic mass is 10.2. The molecule has 7 heteroatoms. The minimum absolute atomic E-state index is 0.337. The van der Waals surface area contributed by atoms with Crippen molar-refractivity contribution < 1.29 is 8.42 Å². The molecule has 0 spiro atoms. The van der Waals surface area contributed by atoms with Crippen molar-refractivity contribution in [3.63, 3.8) is 0 Å². The lowest BCUT2D eigenvalue weighted by Crippen LogP contribution is -2.39. The summed E-state index contributed by atoms with van der Waals surface area (Å²) in [5, 5.41) is 0. The van der Waals surface area contributed by atoms with Crippen LogP contribution in [0.25, 0.3) is 0 Å². The zero-order valence-corrected chi connectivity index (χ0v) is 14.4. The smallest absolute Gasteiger partial charge is 0.250 e. The van der Waals surface area contributed by atoms with Crippen LogP contribution in [0.4, 0.5) is 0 Å². The molecule has 0 aliphatic carbocycles. The lowest BCUT2D eigenvalue weighted by molar-refractivity contribution is 0.268. The van der Waals surface area contributed by atoms with Crippen LogP contribution in [0.2, 0.25) is 0 Å². The van der Waals surface area contributed by atoms with Gasteiger partial charge in [-0.3, -0.25) is 4.90 Å². The van der Waals surface area contributed by atoms with Gasteiger partial charge in [0.2, 0.25) is 10.0 Å². The van der Waals surface area contributed by atoms with Crippen molar-refractivity contribution in [3.05, 3.63) is 15.4 Å². The van der Waals surface area contributed by atoms with Crippen LogP contribution in [-0.2, 0) is 10.0 Å². The Kier molecular flexibility index (Phi) is 5.05. The molecule has 1 aromatic rings. The predicted molar refractivity (Wildman–Crippen MR) is 82.2 cm³/mol. The van der Waals surface area contributed by atoms with Gasteiger partial charge in [0.15, 0.2) is 0 Å². The van der Waals surface area contributed by atoms with Crippen molar-refractivity contribution in [3.8, 4) is 0 Å². The first-order valence-electron chi connectivity index (χ1n) is 6.43. The van der Waals surface area contributed by atoms with Crippen molar-refractivity contribution in [2.24, 2.45) is 0 Å². The molecule has 4 nitrogen and oxygen atoms in total. The lowest BCUT2D eigenvalue weighted by Gasteiger charge is -2.22. The van der Waals surface area contributed by atoms with Crippen LogP contribution in [0.3, 0.4) is 0 Å². The van der Waals surface area contributed by atoms with Crippen LogP contribution in [0.1, 0.15) is 25.3 Å². The fourth-order valence-corrected chi connectivity index (χ4v) is 5.73. The first-order valence-corrected chi connectivity index (χ1v) is 9.53. The first-order chi connectivity index (χ1) is 8.94. The fraction of sp³-hybridized carbons (Fsp3) is 0.667. The molecule has 1 aliphatic rings. The highest BCUT2D eigenvalue weighted by molar-refractivity contribution is 9.11. The molecule has 2 rings (SSSR count). The highest BCUT2D eigenvalue weighted by atomic mass is 79.9. The summed E-state index contributed by atoms with van der Waals surface area (Å²) in [7, 11) is -3.37. The Morgan fingerprint density at radius 2 is 2.32 bits per heavy atom. The van der Waals surface area contributed by atoms with Gasteiger partial charge in [0, 0.05) is 12.6 Å². The molecule has 1 atom stereocenters. The molecular weight excluding hydrogens is 348 g/mol. The van der Waals surface area contributed by atoms with Crippen LogP contribution in [0, 0.1) is 6.92 Å². The van der Waals surface area contributed by atoms with Gasteiger partial charge in [0.25, 0.3) is 0 Å². The molecule has 2 heterocycles. The largest absolute Gasteiger partial charge is 0.299 e. The standard InChI is InChI=1S/C12H19BrN2O2S2/c1-3-15-6-4-5-10(15)8-14-19(16,17)11-7-9(2)12(13)18-11/h7,10,14H,3-6,8H2,1-2H3. The Labute approximate surface area is 127 Å². The minimum atomic E-state index is -3.37. The maximum absolute atomic E-state index is 12.2. The van der Waals surface area contributed by atoms with E-state index in [0.29, 0.717) is 16.8 Å². The molecule has 0 amide bonds. The Morgan fingerprint density at radius 3 is 2.89 bits per heavy atom. The molecule has 108 valence electrons. The molecule has 0 radical (unpaired) electrons. The first kappa shape index (κ1) is 15.4. The quantitative estimate of drug-likeness (QED) is 0.870. The molecule has 0 aromatic carbocycles. The number of halogens is 1. The normalized spacial score (nSPS) is 21.1. The number of rotatable bonds is 5. The topological polar surface area (TPSA) is 49.4 Å². The SMILES string of the molecule is CCN1CCCC1CNS(=O)(=O)c1cc(C)c(Br)s1. The summed E-state index contributed by atoms with van der Waals surface area (Å²) < 4.78 is 28.4. The van der Waals surface area contributed by atoms with E-state index in [1.165, 1.54) is 11.3 Å². The van der Waals surface area contributed by atoms with Gasteiger partial charge in [-0.05, 0) is 60.4 Å². The van der Waals surface area contributed by atoms with Crippen LogP contribution in [-0.4, -0.2) is 39.0 Å². The van der Waals surface area contributed by atoms with E-state index in [1.807, 2.05) is 6.92 Å². The van der Waals surface area contributed by atoms with Gasteiger partial charge in [-0.2, -0.15) is 0 Å². The maximum Gasteiger partial charge on any atom is 0.250 e. The minimum Gasteiger partial charge on any atom is -0.299 e. The summed E-state index contributed by atoms with van der Waals surface area (Å²) >= 11 is 4.63. The number of hydrogen-bond acceptors (Lipinski definition) is 4.